The molecule has 0 saturated heterocycles. The van der Waals surface area contributed by atoms with E-state index in [1.165, 1.54) is 0 Å². The molecule has 16 heavy (non-hydrogen) atoms. The lowest BCUT2D eigenvalue weighted by Crippen LogP contribution is -2.39. The summed E-state index contributed by atoms with van der Waals surface area (Å²) < 4.78 is 0. The third kappa shape index (κ3) is 2.62. The van der Waals surface area contributed by atoms with E-state index < -0.39 is 11.9 Å². The lowest BCUT2D eigenvalue weighted by atomic mass is 9.94. The van der Waals surface area contributed by atoms with Crippen molar-refractivity contribution in [2.75, 3.05) is 13.1 Å². The summed E-state index contributed by atoms with van der Waals surface area (Å²) in [5.74, 6) is -1.71. The molecule has 0 bridgehead atoms. The van der Waals surface area contributed by atoms with Crippen LogP contribution in [0.15, 0.2) is 12.7 Å². The van der Waals surface area contributed by atoms with E-state index in [0.29, 0.717) is 25.9 Å². The van der Waals surface area contributed by atoms with Crippen molar-refractivity contribution in [3.05, 3.63) is 12.7 Å². The molecule has 1 rings (SSSR count). The molecule has 2 atom stereocenters. The molecular formula is C12H19NO3. The fraction of sp³-hybridized carbons (Fsp3) is 0.667. The van der Waals surface area contributed by atoms with Gasteiger partial charge in [-0.15, -0.1) is 6.58 Å². The molecule has 90 valence electrons. The highest BCUT2D eigenvalue weighted by Gasteiger charge is 2.39. The number of carboxylic acids is 1. The first-order valence-electron chi connectivity index (χ1n) is 5.74. The molecule has 4 heteroatoms. The first kappa shape index (κ1) is 12.7. The Balaban J connectivity index is 2.71. The molecular weight excluding hydrogens is 206 g/mol. The van der Waals surface area contributed by atoms with E-state index >= 15 is 0 Å². The topological polar surface area (TPSA) is 57.6 Å². The van der Waals surface area contributed by atoms with Crippen molar-refractivity contribution in [3.63, 3.8) is 0 Å². The number of hydrogen-bond donors (Lipinski definition) is 1. The SMILES string of the molecule is C=CCN(CC)C(=O)[C@@H]1CCC[C@@H]1C(=O)O. The Morgan fingerprint density at radius 3 is 2.56 bits per heavy atom. The van der Waals surface area contributed by atoms with Crippen LogP contribution >= 0.6 is 0 Å². The van der Waals surface area contributed by atoms with Crippen molar-refractivity contribution in [2.24, 2.45) is 11.8 Å². The van der Waals surface area contributed by atoms with Crippen LogP contribution in [0.25, 0.3) is 0 Å². The zero-order valence-corrected chi connectivity index (χ0v) is 9.69. The molecule has 0 aromatic rings. The third-order valence-corrected chi connectivity index (χ3v) is 3.19. The standard InChI is InChI=1S/C12H19NO3/c1-3-8-13(4-2)11(14)9-6-5-7-10(9)12(15)16/h3,9-10H,1,4-8H2,2H3,(H,15,16)/t9-,10+/m1/s1. The van der Waals surface area contributed by atoms with Gasteiger partial charge in [0.05, 0.1) is 11.8 Å². The van der Waals surface area contributed by atoms with E-state index in [2.05, 4.69) is 6.58 Å². The van der Waals surface area contributed by atoms with Crippen molar-refractivity contribution in [3.8, 4) is 0 Å². The molecule has 1 aliphatic rings. The summed E-state index contributed by atoms with van der Waals surface area (Å²) in [5, 5.41) is 9.03. The number of nitrogens with zero attached hydrogens (tertiary/aromatic N) is 1. The molecule has 0 radical (unpaired) electrons. The number of likely N-dealkylation sites (N-methyl/N-ethyl adjacent to an activating group) is 1. The van der Waals surface area contributed by atoms with Crippen LogP contribution in [0.1, 0.15) is 26.2 Å². The van der Waals surface area contributed by atoms with Gasteiger partial charge in [-0.05, 0) is 19.8 Å². The van der Waals surface area contributed by atoms with Gasteiger partial charge in [0.25, 0.3) is 0 Å². The van der Waals surface area contributed by atoms with Crippen LogP contribution < -0.4 is 0 Å². The number of carbonyl (C=O) groups excluding carboxylic acids is 1. The number of amides is 1. The van der Waals surface area contributed by atoms with E-state index in [1.54, 1.807) is 11.0 Å². The maximum absolute atomic E-state index is 12.1. The summed E-state index contributed by atoms with van der Waals surface area (Å²) in [6, 6.07) is 0. The molecule has 1 fully saturated rings. The summed E-state index contributed by atoms with van der Waals surface area (Å²) in [6.45, 7) is 6.60. The minimum absolute atomic E-state index is 0.0349. The van der Waals surface area contributed by atoms with E-state index in [-0.39, 0.29) is 11.8 Å². The maximum atomic E-state index is 12.1. The number of hydrogen-bond acceptors (Lipinski definition) is 2. The molecule has 1 N–H and O–H groups in total. The average molecular weight is 225 g/mol. The Morgan fingerprint density at radius 2 is 2.06 bits per heavy atom. The molecule has 4 nitrogen and oxygen atoms in total. The lowest BCUT2D eigenvalue weighted by Gasteiger charge is -2.24. The van der Waals surface area contributed by atoms with Crippen molar-refractivity contribution >= 4 is 11.9 Å². The van der Waals surface area contributed by atoms with E-state index in [1.807, 2.05) is 6.92 Å². The summed E-state index contributed by atoms with van der Waals surface area (Å²) >= 11 is 0. The summed E-state index contributed by atoms with van der Waals surface area (Å²) in [5.41, 5.74) is 0. The highest BCUT2D eigenvalue weighted by atomic mass is 16.4. The van der Waals surface area contributed by atoms with Gasteiger partial charge < -0.3 is 10.0 Å². The highest BCUT2D eigenvalue weighted by molar-refractivity contribution is 5.85. The van der Waals surface area contributed by atoms with Gasteiger partial charge in [-0.3, -0.25) is 9.59 Å². The number of carbonyl (C=O) groups is 2. The third-order valence-electron chi connectivity index (χ3n) is 3.19. The second-order valence-electron chi connectivity index (χ2n) is 4.15. The first-order valence-corrected chi connectivity index (χ1v) is 5.74. The predicted molar refractivity (Wildman–Crippen MR) is 60.9 cm³/mol. The molecule has 0 heterocycles. The fourth-order valence-corrected chi connectivity index (χ4v) is 2.32. The zero-order valence-electron chi connectivity index (χ0n) is 9.69. The summed E-state index contributed by atoms with van der Waals surface area (Å²) in [4.78, 5) is 24.8. The van der Waals surface area contributed by atoms with E-state index in [0.717, 1.165) is 6.42 Å². The normalized spacial score (nSPS) is 24.1. The van der Waals surface area contributed by atoms with Gasteiger partial charge >= 0.3 is 5.97 Å². The number of rotatable bonds is 5. The second kappa shape index (κ2) is 5.68. The van der Waals surface area contributed by atoms with Gasteiger partial charge in [0, 0.05) is 13.1 Å². The van der Waals surface area contributed by atoms with Gasteiger partial charge in [0.2, 0.25) is 5.91 Å². The highest BCUT2D eigenvalue weighted by Crippen LogP contribution is 2.33. The smallest absolute Gasteiger partial charge is 0.307 e. The molecule has 0 unspecified atom stereocenters. The van der Waals surface area contributed by atoms with E-state index in [4.69, 9.17) is 5.11 Å². The van der Waals surface area contributed by atoms with Crippen molar-refractivity contribution in [1.29, 1.82) is 0 Å². The minimum atomic E-state index is -0.842. The van der Waals surface area contributed by atoms with Crippen LogP contribution in [0.4, 0.5) is 0 Å². The molecule has 1 saturated carbocycles. The van der Waals surface area contributed by atoms with Gasteiger partial charge in [0.15, 0.2) is 0 Å². The zero-order chi connectivity index (χ0) is 12.1. The molecule has 0 aromatic heterocycles. The summed E-state index contributed by atoms with van der Waals surface area (Å²) in [6.07, 6.45) is 3.83. The van der Waals surface area contributed by atoms with Gasteiger partial charge in [-0.25, -0.2) is 0 Å². The number of aliphatic carboxylic acids is 1. The molecule has 1 aliphatic carbocycles. The van der Waals surface area contributed by atoms with Crippen molar-refractivity contribution < 1.29 is 14.7 Å². The molecule has 0 spiro atoms. The van der Waals surface area contributed by atoms with Gasteiger partial charge in [0.1, 0.15) is 0 Å². The Morgan fingerprint density at radius 1 is 1.44 bits per heavy atom. The Hall–Kier alpha value is -1.32. The van der Waals surface area contributed by atoms with Crippen molar-refractivity contribution in [2.45, 2.75) is 26.2 Å². The van der Waals surface area contributed by atoms with Crippen LogP contribution in [0, 0.1) is 11.8 Å². The maximum Gasteiger partial charge on any atom is 0.307 e. The van der Waals surface area contributed by atoms with Crippen LogP contribution in [-0.2, 0) is 9.59 Å². The second-order valence-corrected chi connectivity index (χ2v) is 4.15. The fourth-order valence-electron chi connectivity index (χ4n) is 2.32. The van der Waals surface area contributed by atoms with Crippen LogP contribution in [-0.4, -0.2) is 35.0 Å². The van der Waals surface area contributed by atoms with E-state index in [9.17, 15) is 9.59 Å². The Kier molecular flexibility index (Phi) is 4.52. The Labute approximate surface area is 95.9 Å². The monoisotopic (exact) mass is 225 g/mol. The van der Waals surface area contributed by atoms with Crippen LogP contribution in [0.2, 0.25) is 0 Å². The molecule has 1 amide bonds. The largest absolute Gasteiger partial charge is 0.481 e. The molecule has 0 aliphatic heterocycles. The van der Waals surface area contributed by atoms with Crippen molar-refractivity contribution in [1.82, 2.24) is 4.90 Å². The average Bonchev–Trinajstić information content (AvgIpc) is 2.73. The number of carboxylic acid groups (broad SMARTS) is 1. The van der Waals surface area contributed by atoms with Gasteiger partial charge in [-0.2, -0.15) is 0 Å². The molecule has 0 aromatic carbocycles. The van der Waals surface area contributed by atoms with Crippen LogP contribution in [0.3, 0.4) is 0 Å². The Bertz CT molecular complexity index is 288. The predicted octanol–water partition coefficient (Wildman–Crippen LogP) is 1.52. The summed E-state index contributed by atoms with van der Waals surface area (Å²) in [7, 11) is 0. The van der Waals surface area contributed by atoms with Gasteiger partial charge in [-0.1, -0.05) is 12.5 Å². The minimum Gasteiger partial charge on any atom is -0.481 e. The van der Waals surface area contributed by atoms with Crippen LogP contribution in [0.5, 0.6) is 0 Å². The quantitative estimate of drug-likeness (QED) is 0.722. The lowest BCUT2D eigenvalue weighted by molar-refractivity contribution is -0.148. The first-order chi connectivity index (χ1) is 7.61.